The van der Waals surface area contributed by atoms with Crippen LogP contribution in [0.2, 0.25) is 0 Å². The number of rotatable bonds is 6. The van der Waals surface area contributed by atoms with Gasteiger partial charge in [-0.15, -0.1) is 11.3 Å². The highest BCUT2D eigenvalue weighted by atomic mass is 32.1. The molecule has 5 nitrogen and oxygen atoms in total. The first-order chi connectivity index (χ1) is 11.8. The fraction of sp³-hybridized carbons (Fsp3) is 0.278. The average Bonchev–Trinajstić information content (AvgIpc) is 3.15. The largest absolute Gasteiger partial charge is 0.496 e. The second-order valence-electron chi connectivity index (χ2n) is 5.25. The summed E-state index contributed by atoms with van der Waals surface area (Å²) in [5, 5.41) is 2.00. The van der Waals surface area contributed by atoms with Crippen LogP contribution in [0, 0.1) is 0 Å². The Labute approximate surface area is 145 Å². The molecule has 0 spiro atoms. The number of hydrogen-bond acceptors (Lipinski definition) is 5. The molecule has 1 aliphatic heterocycles. The van der Waals surface area contributed by atoms with E-state index in [0.717, 1.165) is 16.2 Å². The van der Waals surface area contributed by atoms with Crippen molar-refractivity contribution < 1.29 is 19.0 Å². The van der Waals surface area contributed by atoms with Gasteiger partial charge in [0, 0.05) is 10.4 Å². The summed E-state index contributed by atoms with van der Waals surface area (Å²) in [4.78, 5) is 15.7. The van der Waals surface area contributed by atoms with Crippen molar-refractivity contribution >= 4 is 17.2 Å². The molecule has 126 valence electrons. The predicted octanol–water partition coefficient (Wildman–Crippen LogP) is 3.17. The maximum Gasteiger partial charge on any atom is 0.292 e. The predicted molar refractivity (Wildman–Crippen MR) is 91.6 cm³/mol. The minimum atomic E-state index is -0.186. The highest BCUT2D eigenvalue weighted by molar-refractivity contribution is 7.09. The fourth-order valence-corrected chi connectivity index (χ4v) is 3.19. The Balaban J connectivity index is 1.84. The van der Waals surface area contributed by atoms with E-state index in [-0.39, 0.29) is 11.7 Å². The number of hydrogen-bond donors (Lipinski definition) is 0. The van der Waals surface area contributed by atoms with Crippen LogP contribution < -0.4 is 4.74 Å². The van der Waals surface area contributed by atoms with Crippen LogP contribution in [-0.2, 0) is 27.4 Å². The zero-order chi connectivity index (χ0) is 16.8. The molecule has 2 aromatic rings. The van der Waals surface area contributed by atoms with E-state index in [1.165, 1.54) is 6.26 Å². The molecule has 3 rings (SSSR count). The smallest absolute Gasteiger partial charge is 0.292 e. The number of ether oxygens (including phenoxy) is 3. The highest BCUT2D eigenvalue weighted by Gasteiger charge is 2.23. The number of benzene rings is 1. The van der Waals surface area contributed by atoms with Gasteiger partial charge >= 0.3 is 0 Å². The monoisotopic (exact) mass is 345 g/mol. The zero-order valence-corrected chi connectivity index (χ0v) is 14.3. The van der Waals surface area contributed by atoms with Crippen molar-refractivity contribution in [3.05, 3.63) is 64.2 Å². The van der Waals surface area contributed by atoms with E-state index in [1.54, 1.807) is 23.3 Å². The number of thiophene rings is 1. The first-order valence-corrected chi connectivity index (χ1v) is 8.54. The Kier molecular flexibility index (Phi) is 5.38. The number of carbonyl (C=O) groups is 1. The van der Waals surface area contributed by atoms with Gasteiger partial charge in [-0.1, -0.05) is 24.3 Å². The highest BCUT2D eigenvalue weighted by Crippen LogP contribution is 2.23. The quantitative estimate of drug-likeness (QED) is 0.807. The van der Waals surface area contributed by atoms with Gasteiger partial charge in [0.25, 0.3) is 5.91 Å². The summed E-state index contributed by atoms with van der Waals surface area (Å²) in [5.41, 5.74) is 0.947. The Hall–Kier alpha value is -2.47. The molecule has 0 bridgehead atoms. The molecule has 0 N–H and O–H groups in total. The maximum atomic E-state index is 12.8. The standard InChI is InChI=1S/C18H19NO4S/c1-21-16-7-3-2-5-14(16)11-19(12-15-6-4-10-24-15)18(20)17-13-22-8-9-23-17/h2-7,10,13H,8-9,11-12H2,1H3. The van der Waals surface area contributed by atoms with E-state index < -0.39 is 0 Å². The van der Waals surface area contributed by atoms with Crippen LogP contribution in [0.1, 0.15) is 10.4 Å². The van der Waals surface area contributed by atoms with E-state index in [9.17, 15) is 4.79 Å². The lowest BCUT2D eigenvalue weighted by molar-refractivity contribution is -0.133. The molecule has 1 aromatic carbocycles. The molecule has 6 heteroatoms. The normalized spacial score (nSPS) is 13.5. The van der Waals surface area contributed by atoms with E-state index in [2.05, 4.69) is 0 Å². The molecular formula is C18H19NO4S. The average molecular weight is 345 g/mol. The van der Waals surface area contributed by atoms with Gasteiger partial charge < -0.3 is 19.1 Å². The number of methoxy groups -OCH3 is 1. The van der Waals surface area contributed by atoms with Gasteiger partial charge in [0.05, 0.1) is 20.2 Å². The van der Waals surface area contributed by atoms with Crippen LogP contribution in [0.5, 0.6) is 5.75 Å². The second-order valence-corrected chi connectivity index (χ2v) is 6.29. The summed E-state index contributed by atoms with van der Waals surface area (Å²) in [6, 6.07) is 11.7. The van der Waals surface area contributed by atoms with Crippen molar-refractivity contribution in [3.63, 3.8) is 0 Å². The lowest BCUT2D eigenvalue weighted by Gasteiger charge is -2.25. The molecule has 0 fully saturated rings. The van der Waals surface area contributed by atoms with Gasteiger partial charge in [-0.05, 0) is 17.5 Å². The van der Waals surface area contributed by atoms with Crippen molar-refractivity contribution in [2.45, 2.75) is 13.1 Å². The SMILES string of the molecule is COc1ccccc1CN(Cc1cccs1)C(=O)C1=COCCO1. The van der Waals surface area contributed by atoms with E-state index in [1.807, 2.05) is 41.8 Å². The summed E-state index contributed by atoms with van der Waals surface area (Å²) in [5.74, 6) is 0.818. The second kappa shape index (κ2) is 7.88. The number of carbonyl (C=O) groups excluding carboxylic acids is 1. The molecule has 24 heavy (non-hydrogen) atoms. The third kappa shape index (κ3) is 3.89. The van der Waals surface area contributed by atoms with Gasteiger partial charge in [0.15, 0.2) is 0 Å². The first-order valence-electron chi connectivity index (χ1n) is 7.66. The lowest BCUT2D eigenvalue weighted by Crippen LogP contribution is -2.33. The van der Waals surface area contributed by atoms with Crippen molar-refractivity contribution in [2.75, 3.05) is 20.3 Å². The molecule has 0 radical (unpaired) electrons. The van der Waals surface area contributed by atoms with Crippen molar-refractivity contribution in [2.24, 2.45) is 0 Å². The van der Waals surface area contributed by atoms with Gasteiger partial charge in [-0.3, -0.25) is 4.79 Å². The van der Waals surface area contributed by atoms with Crippen LogP contribution in [0.4, 0.5) is 0 Å². The molecule has 0 atom stereocenters. The fourth-order valence-electron chi connectivity index (χ4n) is 2.47. The Morgan fingerprint density at radius 3 is 2.79 bits per heavy atom. The van der Waals surface area contributed by atoms with Crippen LogP contribution in [-0.4, -0.2) is 31.1 Å². The third-order valence-corrected chi connectivity index (χ3v) is 4.49. The molecule has 1 aliphatic rings. The molecule has 1 amide bonds. The number of para-hydroxylation sites is 1. The summed E-state index contributed by atoms with van der Waals surface area (Å²) in [6.45, 7) is 1.80. The van der Waals surface area contributed by atoms with Crippen LogP contribution in [0.3, 0.4) is 0 Å². The van der Waals surface area contributed by atoms with Crippen molar-refractivity contribution in [3.8, 4) is 5.75 Å². The summed E-state index contributed by atoms with van der Waals surface area (Å²) in [7, 11) is 1.63. The minimum Gasteiger partial charge on any atom is -0.496 e. The van der Waals surface area contributed by atoms with Gasteiger partial charge in [0.2, 0.25) is 5.76 Å². The van der Waals surface area contributed by atoms with E-state index in [0.29, 0.717) is 26.3 Å². The van der Waals surface area contributed by atoms with E-state index in [4.69, 9.17) is 14.2 Å². The summed E-state index contributed by atoms with van der Waals surface area (Å²) >= 11 is 1.62. The minimum absolute atomic E-state index is 0.186. The zero-order valence-electron chi connectivity index (χ0n) is 13.4. The molecular weight excluding hydrogens is 326 g/mol. The van der Waals surface area contributed by atoms with Crippen molar-refractivity contribution in [1.29, 1.82) is 0 Å². The Bertz CT molecular complexity index is 712. The summed E-state index contributed by atoms with van der Waals surface area (Å²) in [6.07, 6.45) is 1.40. The molecule has 1 aromatic heterocycles. The van der Waals surface area contributed by atoms with Crippen LogP contribution in [0.15, 0.2) is 53.8 Å². The lowest BCUT2D eigenvalue weighted by atomic mass is 10.1. The third-order valence-electron chi connectivity index (χ3n) is 3.63. The molecule has 0 saturated heterocycles. The van der Waals surface area contributed by atoms with Gasteiger partial charge in [-0.25, -0.2) is 0 Å². The van der Waals surface area contributed by atoms with Gasteiger partial charge in [0.1, 0.15) is 25.2 Å². The maximum absolute atomic E-state index is 12.8. The van der Waals surface area contributed by atoms with Crippen LogP contribution in [0.25, 0.3) is 0 Å². The molecule has 0 aliphatic carbocycles. The number of nitrogens with zero attached hydrogens (tertiary/aromatic N) is 1. The molecule has 0 saturated carbocycles. The summed E-state index contributed by atoms with van der Waals surface area (Å²) < 4.78 is 16.1. The Morgan fingerprint density at radius 1 is 1.21 bits per heavy atom. The van der Waals surface area contributed by atoms with Crippen molar-refractivity contribution in [1.82, 2.24) is 4.90 Å². The Morgan fingerprint density at radius 2 is 2.08 bits per heavy atom. The molecule has 0 unspecified atom stereocenters. The first kappa shape index (κ1) is 16.4. The molecule has 2 heterocycles. The van der Waals surface area contributed by atoms with Gasteiger partial charge in [-0.2, -0.15) is 0 Å². The van der Waals surface area contributed by atoms with E-state index >= 15 is 0 Å². The topological polar surface area (TPSA) is 48.0 Å². The number of amides is 1. The van der Waals surface area contributed by atoms with Crippen LogP contribution >= 0.6 is 11.3 Å².